The minimum Gasteiger partial charge on any atom is -0.323 e. The minimum atomic E-state index is -0.644. The Kier molecular flexibility index (Phi) is 2.48. The first-order chi connectivity index (χ1) is 7.16. The number of hydrogen-bond acceptors (Lipinski definition) is 3. The van der Waals surface area contributed by atoms with Crippen LogP contribution in [-0.2, 0) is 4.79 Å². The SMILES string of the molecule is C=CCN1CCC2(CC1)NC(=O)NC2=O. The lowest BCUT2D eigenvalue weighted by atomic mass is 9.88. The molecule has 0 aromatic carbocycles. The Bertz CT molecular complexity index is 306. The van der Waals surface area contributed by atoms with Crippen molar-refractivity contribution in [2.24, 2.45) is 0 Å². The lowest BCUT2D eigenvalue weighted by Crippen LogP contribution is -2.54. The van der Waals surface area contributed by atoms with Crippen LogP contribution in [0.3, 0.4) is 0 Å². The summed E-state index contributed by atoms with van der Waals surface area (Å²) in [6, 6.07) is -0.364. The molecule has 0 unspecified atom stereocenters. The van der Waals surface area contributed by atoms with Crippen molar-refractivity contribution >= 4 is 11.9 Å². The van der Waals surface area contributed by atoms with Gasteiger partial charge in [0.15, 0.2) is 0 Å². The molecule has 2 aliphatic heterocycles. The molecule has 2 rings (SSSR count). The molecular weight excluding hydrogens is 194 g/mol. The summed E-state index contributed by atoms with van der Waals surface area (Å²) in [5, 5.41) is 5.03. The molecule has 0 aliphatic carbocycles. The first kappa shape index (κ1) is 10.2. The van der Waals surface area contributed by atoms with E-state index in [-0.39, 0.29) is 11.9 Å². The quantitative estimate of drug-likeness (QED) is 0.491. The van der Waals surface area contributed by atoms with Gasteiger partial charge in [-0.05, 0) is 12.8 Å². The van der Waals surface area contributed by atoms with Gasteiger partial charge in [-0.3, -0.25) is 15.0 Å². The maximum absolute atomic E-state index is 11.6. The normalized spacial score (nSPS) is 25.1. The third-order valence-electron chi connectivity index (χ3n) is 3.11. The van der Waals surface area contributed by atoms with Crippen LogP contribution in [0.25, 0.3) is 0 Å². The summed E-state index contributed by atoms with van der Waals surface area (Å²) >= 11 is 0. The standard InChI is InChI=1S/C10H15N3O2/c1-2-5-13-6-3-10(4-7-13)8(14)11-9(15)12-10/h2H,1,3-7H2,(H2,11,12,14,15). The van der Waals surface area contributed by atoms with Gasteiger partial charge in [-0.2, -0.15) is 0 Å². The van der Waals surface area contributed by atoms with Crippen LogP contribution < -0.4 is 10.6 Å². The van der Waals surface area contributed by atoms with Gasteiger partial charge in [0.05, 0.1) is 0 Å². The Balaban J connectivity index is 2.00. The molecule has 82 valence electrons. The van der Waals surface area contributed by atoms with Gasteiger partial charge >= 0.3 is 6.03 Å². The van der Waals surface area contributed by atoms with E-state index >= 15 is 0 Å². The minimum absolute atomic E-state index is 0.175. The number of carbonyl (C=O) groups excluding carboxylic acids is 2. The lowest BCUT2D eigenvalue weighted by molar-refractivity contribution is -0.125. The summed E-state index contributed by atoms with van der Waals surface area (Å²) in [5.74, 6) is -0.175. The van der Waals surface area contributed by atoms with E-state index < -0.39 is 5.54 Å². The summed E-state index contributed by atoms with van der Waals surface area (Å²) in [4.78, 5) is 24.9. The van der Waals surface area contributed by atoms with Crippen LogP contribution >= 0.6 is 0 Å². The number of piperidine rings is 1. The number of hydrogen-bond donors (Lipinski definition) is 2. The van der Waals surface area contributed by atoms with Crippen LogP contribution in [0.1, 0.15) is 12.8 Å². The van der Waals surface area contributed by atoms with Crippen LogP contribution in [0.5, 0.6) is 0 Å². The van der Waals surface area contributed by atoms with E-state index in [1.54, 1.807) is 0 Å². The highest BCUT2D eigenvalue weighted by atomic mass is 16.2. The molecule has 0 saturated carbocycles. The molecular formula is C10H15N3O2. The zero-order chi connectivity index (χ0) is 10.9. The molecule has 0 atom stereocenters. The maximum atomic E-state index is 11.6. The zero-order valence-electron chi connectivity index (χ0n) is 8.58. The molecule has 2 saturated heterocycles. The second-order valence-electron chi connectivity index (χ2n) is 4.08. The lowest BCUT2D eigenvalue weighted by Gasteiger charge is -2.36. The molecule has 1 spiro atoms. The van der Waals surface area contributed by atoms with Gasteiger partial charge in [0.25, 0.3) is 5.91 Å². The van der Waals surface area contributed by atoms with Crippen LogP contribution in [-0.4, -0.2) is 42.0 Å². The number of carbonyl (C=O) groups is 2. The fourth-order valence-electron chi connectivity index (χ4n) is 2.18. The third kappa shape index (κ3) is 1.74. The number of nitrogens with one attached hydrogen (secondary N) is 2. The van der Waals surface area contributed by atoms with Crippen LogP contribution in [0.15, 0.2) is 12.7 Å². The Morgan fingerprint density at radius 2 is 2.07 bits per heavy atom. The van der Waals surface area contributed by atoms with E-state index in [0.717, 1.165) is 19.6 Å². The molecule has 0 aromatic heterocycles. The first-order valence-corrected chi connectivity index (χ1v) is 5.13. The molecule has 0 aromatic rings. The summed E-state index contributed by atoms with van der Waals surface area (Å²) < 4.78 is 0. The molecule has 2 heterocycles. The maximum Gasteiger partial charge on any atom is 0.322 e. The summed E-state index contributed by atoms with van der Waals surface area (Å²) in [6.45, 7) is 6.16. The van der Waals surface area contributed by atoms with Crippen molar-refractivity contribution in [2.75, 3.05) is 19.6 Å². The molecule has 3 amide bonds. The van der Waals surface area contributed by atoms with Crippen molar-refractivity contribution in [3.8, 4) is 0 Å². The largest absolute Gasteiger partial charge is 0.323 e. The molecule has 0 bridgehead atoms. The monoisotopic (exact) mass is 209 g/mol. The first-order valence-electron chi connectivity index (χ1n) is 5.13. The summed E-state index contributed by atoms with van der Waals surface area (Å²) in [7, 11) is 0. The van der Waals surface area contributed by atoms with Gasteiger partial charge in [-0.15, -0.1) is 6.58 Å². The third-order valence-corrected chi connectivity index (χ3v) is 3.11. The highest BCUT2D eigenvalue weighted by Crippen LogP contribution is 2.25. The van der Waals surface area contributed by atoms with Crippen LogP contribution in [0.2, 0.25) is 0 Å². The van der Waals surface area contributed by atoms with Gasteiger partial charge in [0.2, 0.25) is 0 Å². The van der Waals surface area contributed by atoms with Gasteiger partial charge < -0.3 is 5.32 Å². The number of nitrogens with zero attached hydrogens (tertiary/aromatic N) is 1. The van der Waals surface area contributed by atoms with Gasteiger partial charge in [0, 0.05) is 19.6 Å². The van der Waals surface area contributed by atoms with E-state index in [0.29, 0.717) is 12.8 Å². The Hall–Kier alpha value is -1.36. The van der Waals surface area contributed by atoms with Crippen molar-refractivity contribution in [2.45, 2.75) is 18.4 Å². The van der Waals surface area contributed by atoms with Crippen LogP contribution in [0.4, 0.5) is 4.79 Å². The van der Waals surface area contributed by atoms with E-state index in [1.807, 2.05) is 6.08 Å². The van der Waals surface area contributed by atoms with Gasteiger partial charge in [-0.1, -0.05) is 6.08 Å². The number of likely N-dealkylation sites (tertiary alicyclic amines) is 1. The van der Waals surface area contributed by atoms with Crippen molar-refractivity contribution in [1.29, 1.82) is 0 Å². The topological polar surface area (TPSA) is 61.4 Å². The molecule has 2 N–H and O–H groups in total. The van der Waals surface area contributed by atoms with E-state index in [9.17, 15) is 9.59 Å². The zero-order valence-corrected chi connectivity index (χ0v) is 8.58. The summed E-state index contributed by atoms with van der Waals surface area (Å²) in [6.07, 6.45) is 3.21. The number of rotatable bonds is 2. The highest BCUT2D eigenvalue weighted by Gasteiger charge is 2.47. The number of amides is 3. The number of urea groups is 1. The second kappa shape index (κ2) is 3.66. The molecule has 0 radical (unpaired) electrons. The predicted molar refractivity (Wildman–Crippen MR) is 55.3 cm³/mol. The van der Waals surface area contributed by atoms with E-state index in [4.69, 9.17) is 0 Å². The molecule has 5 nitrogen and oxygen atoms in total. The Morgan fingerprint density at radius 1 is 1.40 bits per heavy atom. The van der Waals surface area contributed by atoms with Gasteiger partial charge in [-0.25, -0.2) is 4.79 Å². The predicted octanol–water partition coefficient (Wildman–Crippen LogP) is -0.154. The fourth-order valence-corrected chi connectivity index (χ4v) is 2.18. The van der Waals surface area contributed by atoms with E-state index in [2.05, 4.69) is 22.1 Å². The van der Waals surface area contributed by atoms with E-state index in [1.165, 1.54) is 0 Å². The van der Waals surface area contributed by atoms with Crippen LogP contribution in [0, 0.1) is 0 Å². The van der Waals surface area contributed by atoms with Gasteiger partial charge in [0.1, 0.15) is 5.54 Å². The van der Waals surface area contributed by atoms with Crippen molar-refractivity contribution in [3.63, 3.8) is 0 Å². The second-order valence-corrected chi connectivity index (χ2v) is 4.08. The fraction of sp³-hybridized carbons (Fsp3) is 0.600. The van der Waals surface area contributed by atoms with Crippen molar-refractivity contribution in [1.82, 2.24) is 15.5 Å². The molecule has 15 heavy (non-hydrogen) atoms. The average molecular weight is 209 g/mol. The van der Waals surface area contributed by atoms with Crippen molar-refractivity contribution < 1.29 is 9.59 Å². The average Bonchev–Trinajstić information content (AvgIpc) is 2.47. The summed E-state index contributed by atoms with van der Waals surface area (Å²) in [5.41, 5.74) is -0.644. The Morgan fingerprint density at radius 3 is 2.53 bits per heavy atom. The highest BCUT2D eigenvalue weighted by molar-refractivity contribution is 6.07. The number of imide groups is 1. The molecule has 5 heteroatoms. The van der Waals surface area contributed by atoms with Crippen molar-refractivity contribution in [3.05, 3.63) is 12.7 Å². The Labute approximate surface area is 88.5 Å². The molecule has 2 fully saturated rings. The smallest absolute Gasteiger partial charge is 0.322 e. The molecule has 2 aliphatic rings.